The Morgan fingerprint density at radius 1 is 1.00 bits per heavy atom. The van der Waals surface area contributed by atoms with Crippen molar-refractivity contribution < 1.29 is 9.53 Å². The highest BCUT2D eigenvalue weighted by molar-refractivity contribution is 7.66. The summed E-state index contributed by atoms with van der Waals surface area (Å²) in [5.74, 6) is 0.867. The van der Waals surface area contributed by atoms with Gasteiger partial charge in [-0.05, 0) is 82.4 Å². The van der Waals surface area contributed by atoms with Crippen molar-refractivity contribution >= 4 is 19.4 Å². The van der Waals surface area contributed by atoms with Crippen molar-refractivity contribution in [2.75, 3.05) is 6.61 Å². The van der Waals surface area contributed by atoms with Gasteiger partial charge in [0.05, 0.1) is 6.61 Å². The lowest BCUT2D eigenvalue weighted by molar-refractivity contribution is 0.108. The molecule has 0 saturated heterocycles. The third-order valence-corrected chi connectivity index (χ3v) is 5.27. The summed E-state index contributed by atoms with van der Waals surface area (Å²) in [7, 11) is 0.146. The summed E-state index contributed by atoms with van der Waals surface area (Å²) in [6.45, 7) is 11.1. The average molecular weight is 328 g/mol. The van der Waals surface area contributed by atoms with Crippen LogP contribution in [-0.4, -0.2) is 12.1 Å². The van der Waals surface area contributed by atoms with E-state index in [0.29, 0.717) is 0 Å². The first-order chi connectivity index (χ1) is 10.9. The lowest BCUT2D eigenvalue weighted by atomic mass is 9.95. The van der Waals surface area contributed by atoms with E-state index in [1.807, 2.05) is 31.2 Å². The van der Waals surface area contributed by atoms with Gasteiger partial charge in [0.1, 0.15) is 5.75 Å². The monoisotopic (exact) mass is 328 g/mol. The van der Waals surface area contributed by atoms with Crippen LogP contribution in [0, 0.1) is 27.7 Å². The molecule has 2 rings (SSSR count). The molecule has 2 aromatic carbocycles. The number of carbonyl (C=O) groups is 1. The van der Waals surface area contributed by atoms with Crippen molar-refractivity contribution in [3.8, 4) is 5.75 Å². The van der Waals surface area contributed by atoms with Gasteiger partial charge in [-0.2, -0.15) is 0 Å². The summed E-state index contributed by atoms with van der Waals surface area (Å²) in [4.78, 5) is 12.8. The number of carbonyl (C=O) groups excluding carboxylic acids is 1. The van der Waals surface area contributed by atoms with E-state index >= 15 is 0 Å². The summed E-state index contributed by atoms with van der Waals surface area (Å²) in [5.41, 5.74) is 5.75. The second-order valence-electron chi connectivity index (χ2n) is 5.96. The van der Waals surface area contributed by atoms with Crippen LogP contribution < -0.4 is 10.0 Å². The number of ether oxygens (including phenoxy) is 1. The Kier molecular flexibility index (Phi) is 5.96. The molecule has 0 N–H and O–H groups in total. The average Bonchev–Trinajstić information content (AvgIpc) is 2.52. The molecule has 0 radical (unpaired) electrons. The molecule has 23 heavy (non-hydrogen) atoms. The van der Waals surface area contributed by atoms with E-state index in [1.165, 1.54) is 11.1 Å². The summed E-state index contributed by atoms with van der Waals surface area (Å²) < 4.78 is 5.59. The van der Waals surface area contributed by atoms with Crippen LogP contribution in [0.15, 0.2) is 30.3 Å². The molecule has 2 nitrogen and oxygen atoms in total. The largest absolute Gasteiger partial charge is 0.494 e. The number of benzene rings is 2. The summed E-state index contributed by atoms with van der Waals surface area (Å²) >= 11 is 0. The van der Waals surface area contributed by atoms with Gasteiger partial charge < -0.3 is 4.74 Å². The smallest absolute Gasteiger partial charge is 0.186 e. The fourth-order valence-electron chi connectivity index (χ4n) is 2.68. The summed E-state index contributed by atoms with van der Waals surface area (Å²) in [6, 6.07) is 10.00. The first kappa shape index (κ1) is 17.7. The van der Waals surface area contributed by atoms with Gasteiger partial charge in [-0.15, -0.1) is 0 Å². The third-order valence-electron chi connectivity index (χ3n) is 4.17. The summed E-state index contributed by atoms with van der Waals surface area (Å²) in [5, 5.41) is 1.05. The van der Waals surface area contributed by atoms with Gasteiger partial charge in [0.2, 0.25) is 0 Å². The molecule has 0 heterocycles. The third kappa shape index (κ3) is 4.20. The Morgan fingerprint density at radius 3 is 2.26 bits per heavy atom. The highest BCUT2D eigenvalue weighted by Gasteiger charge is 2.15. The number of hydrogen-bond donors (Lipinski definition) is 0. The van der Waals surface area contributed by atoms with Crippen molar-refractivity contribution in [2.45, 2.75) is 41.0 Å². The topological polar surface area (TPSA) is 26.3 Å². The van der Waals surface area contributed by atoms with Crippen LogP contribution in [0.25, 0.3) is 0 Å². The lowest BCUT2D eigenvalue weighted by Gasteiger charge is -2.14. The zero-order valence-electron chi connectivity index (χ0n) is 14.6. The second kappa shape index (κ2) is 7.75. The highest BCUT2D eigenvalue weighted by atomic mass is 31.1. The Hall–Kier alpha value is -1.66. The van der Waals surface area contributed by atoms with Crippen LogP contribution in [0.4, 0.5) is 0 Å². The predicted molar refractivity (Wildman–Crippen MR) is 99.9 cm³/mol. The zero-order chi connectivity index (χ0) is 17.0. The molecular formula is C20H25O2P. The highest BCUT2D eigenvalue weighted by Crippen LogP contribution is 2.28. The van der Waals surface area contributed by atoms with Crippen LogP contribution >= 0.6 is 8.58 Å². The molecule has 0 aliphatic heterocycles. The fourth-order valence-corrected chi connectivity index (χ4v) is 3.79. The molecule has 0 spiro atoms. The molecule has 0 aliphatic rings. The maximum absolute atomic E-state index is 12.8. The van der Waals surface area contributed by atoms with Crippen LogP contribution in [-0.2, 0) is 0 Å². The van der Waals surface area contributed by atoms with Crippen molar-refractivity contribution in [3.05, 3.63) is 58.1 Å². The Labute approximate surface area is 141 Å². The van der Waals surface area contributed by atoms with E-state index in [4.69, 9.17) is 4.74 Å². The van der Waals surface area contributed by atoms with Crippen molar-refractivity contribution in [1.82, 2.24) is 0 Å². The van der Waals surface area contributed by atoms with E-state index in [-0.39, 0.29) is 14.1 Å². The van der Waals surface area contributed by atoms with Gasteiger partial charge in [0, 0.05) is 5.56 Å². The first-order valence-electron chi connectivity index (χ1n) is 8.05. The van der Waals surface area contributed by atoms with Gasteiger partial charge in [0.15, 0.2) is 5.52 Å². The molecule has 0 aliphatic carbocycles. The van der Waals surface area contributed by atoms with E-state index in [1.54, 1.807) is 0 Å². The molecule has 1 atom stereocenters. The molecule has 2 aromatic rings. The molecule has 0 fully saturated rings. The lowest BCUT2D eigenvalue weighted by Crippen LogP contribution is -2.07. The Morgan fingerprint density at radius 2 is 1.65 bits per heavy atom. The molecule has 0 aromatic heterocycles. The molecule has 122 valence electrons. The maximum Gasteiger partial charge on any atom is 0.186 e. The van der Waals surface area contributed by atoms with Gasteiger partial charge in [-0.3, -0.25) is 4.79 Å². The normalized spacial score (nSPS) is 11.2. The minimum atomic E-state index is 0.146. The van der Waals surface area contributed by atoms with Crippen molar-refractivity contribution in [1.29, 1.82) is 0 Å². The quantitative estimate of drug-likeness (QED) is 0.708. The number of hydrogen-bond acceptors (Lipinski definition) is 2. The number of rotatable bonds is 6. The van der Waals surface area contributed by atoms with Crippen LogP contribution in [0.5, 0.6) is 5.75 Å². The van der Waals surface area contributed by atoms with Crippen molar-refractivity contribution in [3.63, 3.8) is 0 Å². The van der Waals surface area contributed by atoms with E-state index in [0.717, 1.165) is 40.8 Å². The maximum atomic E-state index is 12.8. The van der Waals surface area contributed by atoms with Crippen LogP contribution in [0.3, 0.4) is 0 Å². The number of aryl methyl sites for hydroxylation is 2. The summed E-state index contributed by atoms with van der Waals surface area (Å²) in [6.07, 6.45) is 0.993. The zero-order valence-corrected chi connectivity index (χ0v) is 15.6. The van der Waals surface area contributed by atoms with Crippen LogP contribution in [0.2, 0.25) is 0 Å². The van der Waals surface area contributed by atoms with E-state index < -0.39 is 0 Å². The van der Waals surface area contributed by atoms with Crippen LogP contribution in [0.1, 0.15) is 46.0 Å². The van der Waals surface area contributed by atoms with Crippen molar-refractivity contribution in [2.24, 2.45) is 0 Å². The molecule has 0 saturated carbocycles. The minimum Gasteiger partial charge on any atom is -0.494 e. The van der Waals surface area contributed by atoms with E-state index in [9.17, 15) is 4.79 Å². The van der Waals surface area contributed by atoms with Gasteiger partial charge in [-0.1, -0.05) is 25.1 Å². The van der Waals surface area contributed by atoms with E-state index in [2.05, 4.69) is 33.8 Å². The fraction of sp³-hybridized carbons (Fsp3) is 0.350. The predicted octanol–water partition coefficient (Wildman–Crippen LogP) is 4.85. The Bertz CT molecular complexity index is 703. The molecule has 0 bridgehead atoms. The minimum absolute atomic E-state index is 0.146. The van der Waals surface area contributed by atoms with Gasteiger partial charge in [0.25, 0.3) is 0 Å². The standard InChI is InChI=1S/C20H25O2P/c1-6-11-22-17-7-9-18(10-8-17)23-20(21)19-14(3)12-13(2)15(4)16(19)5/h7-10,12,23H,6,11H2,1-5H3. The SMILES string of the molecule is CCCOc1ccc(PC(=O)c2c(C)cc(C)c(C)c2C)cc1. The first-order valence-corrected chi connectivity index (χ1v) is 9.05. The Balaban J connectivity index is 2.18. The van der Waals surface area contributed by atoms with Gasteiger partial charge >= 0.3 is 0 Å². The van der Waals surface area contributed by atoms with Gasteiger partial charge in [-0.25, -0.2) is 0 Å². The molecular weight excluding hydrogens is 303 g/mol. The molecule has 0 amide bonds. The molecule has 3 heteroatoms. The molecule has 1 unspecified atom stereocenters. The second-order valence-corrected chi connectivity index (χ2v) is 7.24.